The third-order valence-corrected chi connectivity index (χ3v) is 4.19. The Morgan fingerprint density at radius 1 is 1.10 bits per heavy atom. The van der Waals surface area contributed by atoms with Crippen LogP contribution in [0.4, 0.5) is 5.69 Å². The van der Waals surface area contributed by atoms with Crippen molar-refractivity contribution in [3.63, 3.8) is 0 Å². The lowest BCUT2D eigenvalue weighted by Crippen LogP contribution is -2.13. The van der Waals surface area contributed by atoms with Crippen LogP contribution in [0.5, 0.6) is 11.5 Å². The van der Waals surface area contributed by atoms with Gasteiger partial charge in [0.2, 0.25) is 0 Å². The van der Waals surface area contributed by atoms with Crippen molar-refractivity contribution in [1.29, 1.82) is 0 Å². The number of hydrogen-bond donors (Lipinski definition) is 1. The molecule has 106 valence electrons. The Balaban J connectivity index is 2.27. The molecular formula is C14H14NO4S-. The van der Waals surface area contributed by atoms with Gasteiger partial charge in [-0.2, -0.15) is 0 Å². The molecule has 0 atom stereocenters. The van der Waals surface area contributed by atoms with Gasteiger partial charge in [0, 0.05) is 5.69 Å². The summed E-state index contributed by atoms with van der Waals surface area (Å²) in [5.41, 5.74) is 0.845. The lowest BCUT2D eigenvalue weighted by Gasteiger charge is -2.13. The number of nitrogens with one attached hydrogen (secondary N) is 1. The average Bonchev–Trinajstić information content (AvgIpc) is 2.43. The molecule has 0 saturated carbocycles. The normalized spacial score (nSPS) is 11.1. The van der Waals surface area contributed by atoms with Gasteiger partial charge in [0.15, 0.2) is 0 Å². The average molecular weight is 292 g/mol. The predicted octanol–water partition coefficient (Wildman–Crippen LogP) is 1.88. The molecule has 0 aliphatic heterocycles. The SMILES string of the molecule is COc1ccc(S(=O)(=O)Nc2ccc([O-])c(C)c2)cc1. The van der Waals surface area contributed by atoms with E-state index in [2.05, 4.69) is 4.72 Å². The highest BCUT2D eigenvalue weighted by Crippen LogP contribution is 2.22. The Morgan fingerprint density at radius 2 is 1.75 bits per heavy atom. The third-order valence-electron chi connectivity index (χ3n) is 2.80. The number of methoxy groups -OCH3 is 1. The van der Waals surface area contributed by atoms with Crippen molar-refractivity contribution in [2.24, 2.45) is 0 Å². The van der Waals surface area contributed by atoms with Gasteiger partial charge in [-0.05, 0) is 43.3 Å². The summed E-state index contributed by atoms with van der Waals surface area (Å²) in [5, 5.41) is 11.3. The van der Waals surface area contributed by atoms with Crippen LogP contribution in [-0.4, -0.2) is 15.5 Å². The van der Waals surface area contributed by atoms with E-state index in [9.17, 15) is 13.5 Å². The van der Waals surface area contributed by atoms with Gasteiger partial charge < -0.3 is 9.84 Å². The predicted molar refractivity (Wildman–Crippen MR) is 74.4 cm³/mol. The van der Waals surface area contributed by atoms with Crippen LogP contribution in [-0.2, 0) is 10.0 Å². The van der Waals surface area contributed by atoms with Crippen molar-refractivity contribution >= 4 is 15.7 Å². The zero-order chi connectivity index (χ0) is 14.8. The van der Waals surface area contributed by atoms with E-state index in [-0.39, 0.29) is 10.6 Å². The second kappa shape index (κ2) is 5.42. The molecule has 1 N–H and O–H groups in total. The molecule has 0 saturated heterocycles. The first-order valence-electron chi connectivity index (χ1n) is 5.87. The summed E-state index contributed by atoms with van der Waals surface area (Å²) in [6.07, 6.45) is 0. The lowest BCUT2D eigenvalue weighted by atomic mass is 10.2. The number of rotatable bonds is 4. The molecule has 0 amide bonds. The van der Waals surface area contributed by atoms with Crippen molar-refractivity contribution in [1.82, 2.24) is 0 Å². The Labute approximate surface area is 117 Å². The van der Waals surface area contributed by atoms with E-state index in [1.165, 1.54) is 37.4 Å². The van der Waals surface area contributed by atoms with E-state index >= 15 is 0 Å². The molecule has 0 aliphatic rings. The smallest absolute Gasteiger partial charge is 0.261 e. The fourth-order valence-electron chi connectivity index (χ4n) is 1.68. The molecule has 0 fully saturated rings. The fraction of sp³-hybridized carbons (Fsp3) is 0.143. The molecule has 0 radical (unpaired) electrons. The topological polar surface area (TPSA) is 78.5 Å². The summed E-state index contributed by atoms with van der Waals surface area (Å²) in [5.74, 6) is 0.452. The van der Waals surface area contributed by atoms with E-state index in [0.717, 1.165) is 0 Å². The number of sulfonamides is 1. The molecule has 0 heterocycles. The number of aryl methyl sites for hydroxylation is 1. The summed E-state index contributed by atoms with van der Waals surface area (Å²) in [7, 11) is -2.17. The van der Waals surface area contributed by atoms with Gasteiger partial charge in [-0.25, -0.2) is 8.42 Å². The van der Waals surface area contributed by atoms with Gasteiger partial charge in [0.05, 0.1) is 12.0 Å². The van der Waals surface area contributed by atoms with Gasteiger partial charge in [0.1, 0.15) is 5.75 Å². The second-order valence-electron chi connectivity index (χ2n) is 4.26. The zero-order valence-corrected chi connectivity index (χ0v) is 11.9. The van der Waals surface area contributed by atoms with Gasteiger partial charge in [-0.3, -0.25) is 4.72 Å². The summed E-state index contributed by atoms with van der Waals surface area (Å²) >= 11 is 0. The van der Waals surface area contributed by atoms with E-state index in [1.807, 2.05) is 0 Å². The minimum absolute atomic E-state index is 0.127. The Hall–Kier alpha value is -2.21. The number of hydrogen-bond acceptors (Lipinski definition) is 4. The summed E-state index contributed by atoms with van der Waals surface area (Å²) in [6.45, 7) is 1.63. The van der Waals surface area contributed by atoms with Gasteiger partial charge in [-0.15, -0.1) is 5.75 Å². The maximum atomic E-state index is 12.2. The van der Waals surface area contributed by atoms with Crippen LogP contribution in [0.25, 0.3) is 0 Å². The summed E-state index contributed by atoms with van der Waals surface area (Å²) in [6, 6.07) is 10.3. The maximum Gasteiger partial charge on any atom is 0.261 e. The van der Waals surface area contributed by atoms with Gasteiger partial charge in [0.25, 0.3) is 10.0 Å². The first-order chi connectivity index (χ1) is 9.42. The number of ether oxygens (including phenoxy) is 1. The van der Waals surface area contributed by atoms with E-state index in [1.54, 1.807) is 19.1 Å². The first-order valence-corrected chi connectivity index (χ1v) is 7.35. The second-order valence-corrected chi connectivity index (χ2v) is 5.94. The van der Waals surface area contributed by atoms with Crippen molar-refractivity contribution < 1.29 is 18.3 Å². The molecule has 2 rings (SSSR count). The standard InChI is InChI=1S/C14H15NO4S/c1-10-9-11(3-8-14(10)16)15-20(17,18)13-6-4-12(19-2)5-7-13/h3-9,15-16H,1-2H3/p-1. The molecular weight excluding hydrogens is 278 g/mol. The lowest BCUT2D eigenvalue weighted by molar-refractivity contribution is -0.269. The molecule has 2 aromatic rings. The van der Waals surface area contributed by atoms with Crippen LogP contribution in [0.3, 0.4) is 0 Å². The van der Waals surface area contributed by atoms with Crippen molar-refractivity contribution in [2.45, 2.75) is 11.8 Å². The Bertz CT molecular complexity index is 708. The van der Waals surface area contributed by atoms with Gasteiger partial charge >= 0.3 is 0 Å². The Kier molecular flexibility index (Phi) is 3.85. The van der Waals surface area contributed by atoms with Gasteiger partial charge in [-0.1, -0.05) is 11.6 Å². The quantitative estimate of drug-likeness (QED) is 0.933. The summed E-state index contributed by atoms with van der Waals surface area (Å²) < 4.78 is 31.7. The monoisotopic (exact) mass is 292 g/mol. The molecule has 0 bridgehead atoms. The van der Waals surface area contributed by atoms with E-state index < -0.39 is 10.0 Å². The molecule has 20 heavy (non-hydrogen) atoms. The molecule has 0 unspecified atom stereocenters. The van der Waals surface area contributed by atoms with Crippen molar-refractivity contribution in [3.8, 4) is 11.5 Å². The molecule has 6 heteroatoms. The molecule has 0 aliphatic carbocycles. The maximum absolute atomic E-state index is 12.2. The first kappa shape index (κ1) is 14.2. The van der Waals surface area contributed by atoms with E-state index in [0.29, 0.717) is 17.0 Å². The number of benzene rings is 2. The molecule has 0 aromatic heterocycles. The fourth-order valence-corrected chi connectivity index (χ4v) is 2.73. The van der Waals surface area contributed by atoms with E-state index in [4.69, 9.17) is 4.74 Å². The summed E-state index contributed by atoms with van der Waals surface area (Å²) in [4.78, 5) is 0.127. The largest absolute Gasteiger partial charge is 0.872 e. The van der Waals surface area contributed by atoms with Crippen LogP contribution < -0.4 is 14.6 Å². The number of anilines is 1. The van der Waals surface area contributed by atoms with Crippen LogP contribution >= 0.6 is 0 Å². The molecule has 0 spiro atoms. The molecule has 2 aromatic carbocycles. The van der Waals surface area contributed by atoms with Crippen LogP contribution in [0.1, 0.15) is 5.56 Å². The van der Waals surface area contributed by atoms with Crippen LogP contribution in [0.15, 0.2) is 47.4 Å². The third kappa shape index (κ3) is 3.03. The highest BCUT2D eigenvalue weighted by atomic mass is 32.2. The minimum atomic E-state index is -3.68. The minimum Gasteiger partial charge on any atom is -0.872 e. The molecule has 5 nitrogen and oxygen atoms in total. The zero-order valence-electron chi connectivity index (χ0n) is 11.1. The van der Waals surface area contributed by atoms with Crippen LogP contribution in [0.2, 0.25) is 0 Å². The van der Waals surface area contributed by atoms with Crippen molar-refractivity contribution in [2.75, 3.05) is 11.8 Å². The highest BCUT2D eigenvalue weighted by molar-refractivity contribution is 7.92. The Morgan fingerprint density at radius 3 is 2.30 bits per heavy atom. The van der Waals surface area contributed by atoms with Crippen LogP contribution in [0, 0.1) is 6.92 Å². The highest BCUT2D eigenvalue weighted by Gasteiger charge is 2.14. The van der Waals surface area contributed by atoms with Crippen molar-refractivity contribution in [3.05, 3.63) is 48.0 Å².